The summed E-state index contributed by atoms with van der Waals surface area (Å²) in [5.41, 5.74) is 4.45. The van der Waals surface area contributed by atoms with Crippen molar-refractivity contribution in [1.29, 1.82) is 0 Å². The van der Waals surface area contributed by atoms with Crippen LogP contribution in [0.3, 0.4) is 0 Å². The molecular weight excluding hydrogens is 466 g/mol. The molecule has 0 saturated heterocycles. The molecule has 0 atom stereocenters. The van der Waals surface area contributed by atoms with Crippen molar-refractivity contribution in [2.24, 2.45) is 0 Å². The molecule has 0 radical (unpaired) electrons. The third-order valence-corrected chi connectivity index (χ3v) is 6.74. The minimum absolute atomic E-state index is 0.0501. The average molecular weight is 496 g/mol. The Kier molecular flexibility index (Phi) is 8.26. The van der Waals surface area contributed by atoms with Gasteiger partial charge in [-0.2, -0.15) is 0 Å². The van der Waals surface area contributed by atoms with Gasteiger partial charge in [0.05, 0.1) is 24.2 Å². The Morgan fingerprint density at radius 2 is 1.69 bits per heavy atom. The molecule has 0 aliphatic carbocycles. The molecule has 2 amide bonds. The molecule has 8 nitrogen and oxygen atoms in total. The van der Waals surface area contributed by atoms with Crippen molar-refractivity contribution < 1.29 is 22.4 Å². The van der Waals surface area contributed by atoms with E-state index in [-0.39, 0.29) is 29.8 Å². The maximum Gasteiger partial charge on any atom is 0.246 e. The second kappa shape index (κ2) is 11.2. The van der Waals surface area contributed by atoms with Gasteiger partial charge in [-0.1, -0.05) is 29.8 Å². The van der Waals surface area contributed by atoms with Crippen molar-refractivity contribution in [1.82, 2.24) is 9.62 Å². The van der Waals surface area contributed by atoms with E-state index in [0.717, 1.165) is 22.4 Å². The van der Waals surface area contributed by atoms with Gasteiger partial charge in [-0.25, -0.2) is 13.1 Å². The molecule has 1 heterocycles. The molecule has 0 unspecified atom stereocenters. The molecule has 2 N–H and O–H groups in total. The van der Waals surface area contributed by atoms with Crippen molar-refractivity contribution >= 4 is 33.6 Å². The first-order valence-corrected chi connectivity index (χ1v) is 12.5. The lowest BCUT2D eigenvalue weighted by Gasteiger charge is -2.17. The van der Waals surface area contributed by atoms with Crippen molar-refractivity contribution in [2.45, 2.75) is 32.2 Å². The zero-order valence-electron chi connectivity index (χ0n) is 20.2. The van der Waals surface area contributed by atoms with Crippen LogP contribution >= 0.6 is 0 Å². The lowest BCUT2D eigenvalue weighted by Crippen LogP contribution is -2.34. The number of nitrogens with zero attached hydrogens (tertiary/aromatic N) is 1. The van der Waals surface area contributed by atoms with Gasteiger partial charge in [-0.3, -0.25) is 9.59 Å². The Bertz CT molecular complexity index is 1300. The molecule has 0 fully saturated rings. The minimum Gasteiger partial charge on any atom is -0.468 e. The van der Waals surface area contributed by atoms with Gasteiger partial charge in [0.1, 0.15) is 5.76 Å². The molecule has 184 valence electrons. The van der Waals surface area contributed by atoms with Gasteiger partial charge in [0.2, 0.25) is 21.8 Å². The third kappa shape index (κ3) is 7.14. The highest BCUT2D eigenvalue weighted by Gasteiger charge is 2.15. The Balaban J connectivity index is 1.55. The van der Waals surface area contributed by atoms with Gasteiger partial charge in [0.15, 0.2) is 0 Å². The predicted octanol–water partition coefficient (Wildman–Crippen LogP) is 3.79. The average Bonchev–Trinajstić information content (AvgIpc) is 3.32. The summed E-state index contributed by atoms with van der Waals surface area (Å²) in [6.07, 6.45) is 4.38. The van der Waals surface area contributed by atoms with Crippen molar-refractivity contribution in [3.63, 3.8) is 0 Å². The quantitative estimate of drug-likeness (QED) is 0.439. The van der Waals surface area contributed by atoms with E-state index in [1.165, 1.54) is 29.4 Å². The number of aryl methyl sites for hydroxylation is 3. The molecule has 35 heavy (non-hydrogen) atoms. The Hall–Kier alpha value is -3.69. The fraction of sp³-hybridized carbons (Fsp3) is 0.231. The second-order valence-electron chi connectivity index (χ2n) is 8.32. The number of likely N-dealkylation sites (N-methyl/N-ethyl adjacent to an activating group) is 1. The smallest absolute Gasteiger partial charge is 0.246 e. The first-order chi connectivity index (χ1) is 16.5. The number of hydrogen-bond acceptors (Lipinski definition) is 5. The van der Waals surface area contributed by atoms with Crippen LogP contribution in [0.5, 0.6) is 0 Å². The van der Waals surface area contributed by atoms with E-state index in [2.05, 4.69) is 10.0 Å². The van der Waals surface area contributed by atoms with Gasteiger partial charge < -0.3 is 14.6 Å². The molecule has 0 aliphatic heterocycles. The topological polar surface area (TPSA) is 109 Å². The highest BCUT2D eigenvalue weighted by Crippen LogP contribution is 2.21. The molecule has 0 aliphatic rings. The van der Waals surface area contributed by atoms with Crippen LogP contribution < -0.4 is 10.0 Å². The van der Waals surface area contributed by atoms with Crippen molar-refractivity contribution in [3.05, 3.63) is 88.9 Å². The fourth-order valence-corrected chi connectivity index (χ4v) is 4.56. The first kappa shape index (κ1) is 25.9. The molecule has 3 rings (SSSR count). The number of nitrogens with one attached hydrogen (secondary N) is 2. The predicted molar refractivity (Wildman–Crippen MR) is 135 cm³/mol. The number of hydrogen-bond donors (Lipinski definition) is 2. The van der Waals surface area contributed by atoms with E-state index in [1.54, 1.807) is 37.4 Å². The van der Waals surface area contributed by atoms with Crippen LogP contribution in [0.1, 0.15) is 28.0 Å². The largest absolute Gasteiger partial charge is 0.468 e. The molecule has 3 aromatic rings. The number of anilines is 1. The lowest BCUT2D eigenvalue weighted by molar-refractivity contribution is -0.129. The molecule has 1 aromatic heterocycles. The summed E-state index contributed by atoms with van der Waals surface area (Å²) in [6, 6.07) is 13.5. The summed E-state index contributed by atoms with van der Waals surface area (Å²) in [6.45, 7) is 5.80. The number of furan rings is 1. The van der Waals surface area contributed by atoms with Crippen molar-refractivity contribution in [3.8, 4) is 0 Å². The summed E-state index contributed by atoms with van der Waals surface area (Å²) >= 11 is 0. The number of carbonyl (C=O) groups is 2. The van der Waals surface area contributed by atoms with Gasteiger partial charge in [-0.15, -0.1) is 0 Å². The zero-order valence-corrected chi connectivity index (χ0v) is 21.0. The normalized spacial score (nSPS) is 11.5. The fourth-order valence-electron chi connectivity index (χ4n) is 3.56. The van der Waals surface area contributed by atoms with Crippen LogP contribution in [0, 0.1) is 20.8 Å². The van der Waals surface area contributed by atoms with Crippen LogP contribution in [0.25, 0.3) is 6.08 Å². The van der Waals surface area contributed by atoms with Gasteiger partial charge >= 0.3 is 0 Å². The number of sulfonamides is 1. The Morgan fingerprint density at radius 3 is 2.29 bits per heavy atom. The van der Waals surface area contributed by atoms with Gasteiger partial charge in [0.25, 0.3) is 0 Å². The summed E-state index contributed by atoms with van der Waals surface area (Å²) in [4.78, 5) is 26.3. The van der Waals surface area contributed by atoms with Gasteiger partial charge in [0, 0.05) is 18.8 Å². The zero-order chi connectivity index (χ0) is 25.6. The summed E-state index contributed by atoms with van der Waals surface area (Å²) in [5, 5.41) is 2.88. The van der Waals surface area contributed by atoms with E-state index in [1.807, 2.05) is 32.9 Å². The summed E-state index contributed by atoms with van der Waals surface area (Å²) < 4.78 is 32.4. The van der Waals surface area contributed by atoms with E-state index in [0.29, 0.717) is 11.3 Å². The number of rotatable bonds is 9. The maximum absolute atomic E-state index is 12.5. The van der Waals surface area contributed by atoms with Crippen LogP contribution in [-0.2, 0) is 26.2 Å². The van der Waals surface area contributed by atoms with Crippen LogP contribution in [0.15, 0.2) is 70.2 Å². The summed E-state index contributed by atoms with van der Waals surface area (Å²) in [7, 11) is -2.16. The van der Waals surface area contributed by atoms with E-state index in [4.69, 9.17) is 4.42 Å². The molecule has 0 bridgehead atoms. The minimum atomic E-state index is -3.70. The molecule has 0 spiro atoms. The molecule has 2 aromatic carbocycles. The number of amides is 2. The third-order valence-electron chi connectivity index (χ3n) is 5.32. The first-order valence-electron chi connectivity index (χ1n) is 11.0. The monoisotopic (exact) mass is 495 g/mol. The van der Waals surface area contributed by atoms with Crippen LogP contribution in [-0.4, -0.2) is 38.7 Å². The maximum atomic E-state index is 12.5. The van der Waals surface area contributed by atoms with Crippen molar-refractivity contribution in [2.75, 3.05) is 18.9 Å². The summed E-state index contributed by atoms with van der Waals surface area (Å²) in [5.74, 6) is -0.135. The van der Waals surface area contributed by atoms with E-state index in [9.17, 15) is 18.0 Å². The van der Waals surface area contributed by atoms with Gasteiger partial charge in [-0.05, 0) is 67.8 Å². The lowest BCUT2D eigenvalue weighted by atomic mass is 10.1. The molecule has 0 saturated carbocycles. The number of benzene rings is 2. The molecular formula is C26H29N3O5S. The van der Waals surface area contributed by atoms with E-state index >= 15 is 0 Å². The van der Waals surface area contributed by atoms with Crippen LogP contribution in [0.2, 0.25) is 0 Å². The SMILES string of the molecule is Cc1cc(C)c(NC(=O)CN(C)C(=O)/C=C/c2ccc(S(=O)(=O)NCc3ccco3)cc2)c(C)c1. The van der Waals surface area contributed by atoms with E-state index < -0.39 is 10.0 Å². The second-order valence-corrected chi connectivity index (χ2v) is 10.1. The van der Waals surface area contributed by atoms with Crippen LogP contribution in [0.4, 0.5) is 5.69 Å². The Labute approximate surface area is 205 Å². The standard InChI is InChI=1S/C26H29N3O5S/c1-18-14-19(2)26(20(3)15-18)28-24(30)17-29(4)25(31)12-9-21-7-10-23(11-8-21)35(32,33)27-16-22-6-5-13-34-22/h5-15,27H,16-17H2,1-4H3,(H,28,30)/b12-9+. The number of carbonyl (C=O) groups excluding carboxylic acids is 2. The Morgan fingerprint density at radius 1 is 1.03 bits per heavy atom. The highest BCUT2D eigenvalue weighted by atomic mass is 32.2. The highest BCUT2D eigenvalue weighted by molar-refractivity contribution is 7.89. The molecule has 9 heteroatoms.